The lowest BCUT2D eigenvalue weighted by atomic mass is 9.98. The summed E-state index contributed by atoms with van der Waals surface area (Å²) >= 11 is 6.43. The minimum Gasteiger partial charge on any atom is -0.345 e. The fourth-order valence-corrected chi connectivity index (χ4v) is 3.73. The molecule has 21 heavy (non-hydrogen) atoms. The standard InChI is InChI=1S/C15H18ClN5/c1-2-10-6-7-12-14(18-13(10)16)20-8-4-3-5-11(20)15-19-17-9-21(12)15/h7,9,11H,2-6,8H2,1H3. The number of hydrogen-bond donors (Lipinski definition) is 0. The van der Waals surface area contributed by atoms with Crippen LogP contribution >= 0.6 is 11.6 Å². The highest BCUT2D eigenvalue weighted by molar-refractivity contribution is 6.32. The minimum absolute atomic E-state index is 0.282. The highest BCUT2D eigenvalue weighted by atomic mass is 35.5. The molecule has 1 atom stereocenters. The van der Waals surface area contributed by atoms with Gasteiger partial charge in [0.15, 0.2) is 11.7 Å². The molecule has 0 bridgehead atoms. The van der Waals surface area contributed by atoms with Gasteiger partial charge in [0.1, 0.15) is 11.5 Å². The van der Waals surface area contributed by atoms with Crippen molar-refractivity contribution in [2.45, 2.75) is 45.1 Å². The second-order valence-corrected chi connectivity index (χ2v) is 6.10. The van der Waals surface area contributed by atoms with Gasteiger partial charge in [0, 0.05) is 6.54 Å². The molecule has 1 unspecified atom stereocenters. The van der Waals surface area contributed by atoms with Crippen LogP contribution in [0.25, 0.3) is 5.70 Å². The molecule has 0 saturated carbocycles. The SMILES string of the molecule is CCC1=C(Cl)N=C2C(=CC1)n1cnnc1C1CCCCN21. The topological polar surface area (TPSA) is 46.3 Å². The third-order valence-electron chi connectivity index (χ3n) is 4.60. The van der Waals surface area contributed by atoms with E-state index >= 15 is 0 Å². The van der Waals surface area contributed by atoms with E-state index in [-0.39, 0.29) is 6.04 Å². The van der Waals surface area contributed by atoms with Crippen LogP contribution < -0.4 is 0 Å². The number of halogens is 1. The molecule has 0 radical (unpaired) electrons. The maximum atomic E-state index is 6.43. The maximum Gasteiger partial charge on any atom is 0.160 e. The van der Waals surface area contributed by atoms with E-state index in [1.807, 2.05) is 0 Å². The lowest BCUT2D eigenvalue weighted by molar-refractivity contribution is 0.228. The van der Waals surface area contributed by atoms with Crippen molar-refractivity contribution in [3.05, 3.63) is 29.0 Å². The maximum absolute atomic E-state index is 6.43. The molecule has 0 aromatic carbocycles. The van der Waals surface area contributed by atoms with Gasteiger partial charge in [0.05, 0.1) is 11.7 Å². The molecule has 3 aliphatic heterocycles. The Morgan fingerprint density at radius 2 is 2.29 bits per heavy atom. The number of rotatable bonds is 1. The van der Waals surface area contributed by atoms with E-state index in [1.54, 1.807) is 6.33 Å². The molecule has 0 spiro atoms. The van der Waals surface area contributed by atoms with Crippen molar-refractivity contribution in [3.63, 3.8) is 0 Å². The molecule has 1 aromatic rings. The van der Waals surface area contributed by atoms with Crippen molar-refractivity contribution in [2.75, 3.05) is 6.54 Å². The normalized spacial score (nSPS) is 24.7. The number of allylic oxidation sites excluding steroid dienone is 2. The zero-order chi connectivity index (χ0) is 14.4. The first kappa shape index (κ1) is 13.1. The summed E-state index contributed by atoms with van der Waals surface area (Å²) in [5, 5.41) is 9.12. The fraction of sp³-hybridized carbons (Fsp3) is 0.533. The van der Waals surface area contributed by atoms with Crippen LogP contribution in [-0.2, 0) is 0 Å². The lowest BCUT2D eigenvalue weighted by Gasteiger charge is -2.41. The van der Waals surface area contributed by atoms with E-state index in [2.05, 4.69) is 32.7 Å². The number of hydrogen-bond acceptors (Lipinski definition) is 4. The summed E-state index contributed by atoms with van der Waals surface area (Å²) in [6.07, 6.45) is 9.31. The number of amidine groups is 1. The van der Waals surface area contributed by atoms with E-state index in [0.29, 0.717) is 5.16 Å². The largest absolute Gasteiger partial charge is 0.345 e. The zero-order valence-corrected chi connectivity index (χ0v) is 12.8. The second-order valence-electron chi connectivity index (χ2n) is 5.74. The quantitative estimate of drug-likeness (QED) is 0.748. The van der Waals surface area contributed by atoms with Crippen molar-refractivity contribution >= 4 is 23.1 Å². The van der Waals surface area contributed by atoms with Gasteiger partial charge in [-0.25, -0.2) is 4.99 Å². The van der Waals surface area contributed by atoms with Crippen LogP contribution in [0.3, 0.4) is 0 Å². The molecule has 0 aliphatic carbocycles. The van der Waals surface area contributed by atoms with Crippen molar-refractivity contribution in [3.8, 4) is 0 Å². The Morgan fingerprint density at radius 3 is 3.14 bits per heavy atom. The third kappa shape index (κ3) is 1.94. The summed E-state index contributed by atoms with van der Waals surface area (Å²) in [4.78, 5) is 7.12. The Hall–Kier alpha value is -1.62. The van der Waals surface area contributed by atoms with Crippen molar-refractivity contribution in [1.29, 1.82) is 0 Å². The van der Waals surface area contributed by atoms with Crippen LogP contribution in [0.15, 0.2) is 28.1 Å². The highest BCUT2D eigenvalue weighted by Crippen LogP contribution is 2.39. The van der Waals surface area contributed by atoms with Crippen LogP contribution in [-0.4, -0.2) is 32.0 Å². The second kappa shape index (κ2) is 4.98. The predicted octanol–water partition coefficient (Wildman–Crippen LogP) is 3.32. The Bertz CT molecular complexity index is 669. The monoisotopic (exact) mass is 303 g/mol. The summed E-state index contributed by atoms with van der Waals surface area (Å²) in [5.74, 6) is 2.02. The van der Waals surface area contributed by atoms with Crippen LogP contribution in [0.1, 0.15) is 50.9 Å². The molecule has 5 nitrogen and oxygen atoms in total. The minimum atomic E-state index is 0.282. The average Bonchev–Trinajstić information content (AvgIpc) is 2.93. The molecule has 1 aromatic heterocycles. The summed E-state index contributed by atoms with van der Waals surface area (Å²) in [6, 6.07) is 0.282. The number of aliphatic imine (C=N–C) groups is 1. The van der Waals surface area contributed by atoms with Crippen LogP contribution in [0.4, 0.5) is 0 Å². The van der Waals surface area contributed by atoms with E-state index < -0.39 is 0 Å². The van der Waals surface area contributed by atoms with E-state index in [1.165, 1.54) is 18.4 Å². The fourth-order valence-electron chi connectivity index (χ4n) is 3.44. The molecule has 1 fully saturated rings. The predicted molar refractivity (Wildman–Crippen MR) is 82.8 cm³/mol. The van der Waals surface area contributed by atoms with Gasteiger partial charge < -0.3 is 4.90 Å². The molecule has 0 N–H and O–H groups in total. The third-order valence-corrected chi connectivity index (χ3v) is 4.95. The van der Waals surface area contributed by atoms with Crippen molar-refractivity contribution in [1.82, 2.24) is 19.7 Å². The van der Waals surface area contributed by atoms with Gasteiger partial charge in [0.2, 0.25) is 0 Å². The molecule has 4 heterocycles. The number of aromatic nitrogens is 3. The average molecular weight is 304 g/mol. The van der Waals surface area contributed by atoms with Crippen LogP contribution in [0.5, 0.6) is 0 Å². The molecule has 4 rings (SSSR count). The number of nitrogens with zero attached hydrogens (tertiary/aromatic N) is 5. The Balaban J connectivity index is 1.90. The summed E-state index contributed by atoms with van der Waals surface area (Å²) < 4.78 is 2.09. The van der Waals surface area contributed by atoms with Gasteiger partial charge in [-0.2, -0.15) is 0 Å². The first-order valence-electron chi connectivity index (χ1n) is 7.63. The van der Waals surface area contributed by atoms with E-state index in [0.717, 1.165) is 43.2 Å². The summed E-state index contributed by atoms with van der Waals surface area (Å²) in [5.41, 5.74) is 2.27. The number of fused-ring (bicyclic) bond motifs is 6. The molecule has 0 amide bonds. The van der Waals surface area contributed by atoms with Crippen molar-refractivity contribution < 1.29 is 0 Å². The zero-order valence-electron chi connectivity index (χ0n) is 12.1. The molecule has 3 aliphatic rings. The van der Waals surface area contributed by atoms with Gasteiger partial charge in [0.25, 0.3) is 0 Å². The smallest absolute Gasteiger partial charge is 0.160 e. The van der Waals surface area contributed by atoms with Crippen LogP contribution in [0.2, 0.25) is 0 Å². The molecular weight excluding hydrogens is 286 g/mol. The first-order valence-corrected chi connectivity index (χ1v) is 8.01. The number of piperidine rings is 1. The van der Waals surface area contributed by atoms with Crippen LogP contribution in [0, 0.1) is 0 Å². The lowest BCUT2D eigenvalue weighted by Crippen LogP contribution is -2.44. The summed E-state index contributed by atoms with van der Waals surface area (Å²) in [6.45, 7) is 3.14. The van der Waals surface area contributed by atoms with Gasteiger partial charge in [-0.1, -0.05) is 24.6 Å². The first-order chi connectivity index (χ1) is 10.3. The van der Waals surface area contributed by atoms with Crippen molar-refractivity contribution in [2.24, 2.45) is 4.99 Å². The van der Waals surface area contributed by atoms with Gasteiger partial charge in [-0.3, -0.25) is 4.57 Å². The van der Waals surface area contributed by atoms with E-state index in [4.69, 9.17) is 16.6 Å². The molecule has 110 valence electrons. The molecular formula is C15H18ClN5. The Kier molecular flexibility index (Phi) is 3.10. The van der Waals surface area contributed by atoms with Gasteiger partial charge in [-0.15, -0.1) is 10.2 Å². The Labute approximate surface area is 129 Å². The molecule has 6 heteroatoms. The van der Waals surface area contributed by atoms with E-state index in [9.17, 15) is 0 Å². The Morgan fingerprint density at radius 1 is 1.38 bits per heavy atom. The van der Waals surface area contributed by atoms with Gasteiger partial charge in [-0.05, 0) is 37.7 Å². The van der Waals surface area contributed by atoms with Gasteiger partial charge >= 0.3 is 0 Å². The summed E-state index contributed by atoms with van der Waals surface area (Å²) in [7, 11) is 0. The highest BCUT2D eigenvalue weighted by Gasteiger charge is 2.38. The molecule has 1 saturated heterocycles.